The normalized spacial score (nSPS) is 35.6. The van der Waals surface area contributed by atoms with E-state index in [9.17, 15) is 4.79 Å². The maximum absolute atomic E-state index is 10.8. The molecule has 0 bridgehead atoms. The summed E-state index contributed by atoms with van der Waals surface area (Å²) in [5, 5.41) is 0. The minimum atomic E-state index is 0.0439. The lowest BCUT2D eigenvalue weighted by Crippen LogP contribution is -2.03. The second kappa shape index (κ2) is 2.80. The molecule has 0 radical (unpaired) electrons. The number of carbonyl (C=O) groups is 1. The lowest BCUT2D eigenvalue weighted by molar-refractivity contribution is -0.117. The summed E-state index contributed by atoms with van der Waals surface area (Å²) in [6.07, 6.45) is 1.56. The van der Waals surface area contributed by atoms with Crippen LogP contribution in [0.2, 0.25) is 0 Å². The summed E-state index contributed by atoms with van der Waals surface area (Å²) >= 11 is 3.26. The molecule has 3 heteroatoms. The molecule has 0 aromatic heterocycles. The Morgan fingerprint density at radius 3 is 2.67 bits per heavy atom. The van der Waals surface area contributed by atoms with Crippen molar-refractivity contribution < 1.29 is 9.53 Å². The lowest BCUT2D eigenvalue weighted by atomic mass is 10.3. The Kier molecular flexibility index (Phi) is 2.24. The minimum absolute atomic E-state index is 0.0439. The highest BCUT2D eigenvalue weighted by molar-refractivity contribution is 9.10. The Hall–Kier alpha value is 0.110. The summed E-state index contributed by atoms with van der Waals surface area (Å²) in [6, 6.07) is 0. The topological polar surface area (TPSA) is 26.3 Å². The molecule has 1 fully saturated rings. The van der Waals surface area contributed by atoms with Gasteiger partial charge < -0.3 is 4.74 Å². The van der Waals surface area contributed by atoms with Crippen molar-refractivity contribution in [1.29, 1.82) is 0 Å². The maximum atomic E-state index is 10.8. The average molecular weight is 193 g/mol. The van der Waals surface area contributed by atoms with Gasteiger partial charge in [0.05, 0.1) is 10.9 Å². The van der Waals surface area contributed by atoms with Crippen LogP contribution < -0.4 is 0 Å². The van der Waals surface area contributed by atoms with Gasteiger partial charge in [0.25, 0.3) is 0 Å². The SMILES string of the molecule is COC1CC(=O)C(Br)C1. The highest BCUT2D eigenvalue weighted by Crippen LogP contribution is 2.23. The van der Waals surface area contributed by atoms with E-state index in [4.69, 9.17) is 4.74 Å². The molecule has 0 aliphatic heterocycles. The van der Waals surface area contributed by atoms with Gasteiger partial charge in [-0.3, -0.25) is 4.79 Å². The van der Waals surface area contributed by atoms with Crippen molar-refractivity contribution in [3.63, 3.8) is 0 Å². The van der Waals surface area contributed by atoms with Gasteiger partial charge in [-0.25, -0.2) is 0 Å². The molecule has 0 saturated heterocycles. The standard InChI is InChI=1S/C6H9BrO2/c1-9-4-2-5(7)6(8)3-4/h4-5H,2-3H2,1H3. The van der Waals surface area contributed by atoms with Crippen LogP contribution in [0.1, 0.15) is 12.8 Å². The predicted octanol–water partition coefficient (Wildman–Crippen LogP) is 1.13. The predicted molar refractivity (Wildman–Crippen MR) is 37.8 cm³/mol. The van der Waals surface area contributed by atoms with Crippen LogP contribution in [0.3, 0.4) is 0 Å². The van der Waals surface area contributed by atoms with Gasteiger partial charge in [0.1, 0.15) is 5.78 Å². The van der Waals surface area contributed by atoms with Gasteiger partial charge in [0, 0.05) is 13.5 Å². The number of carbonyl (C=O) groups excluding carboxylic acids is 1. The summed E-state index contributed by atoms with van der Waals surface area (Å²) in [5.74, 6) is 0.266. The molecule has 2 nitrogen and oxygen atoms in total. The summed E-state index contributed by atoms with van der Waals surface area (Å²) in [7, 11) is 1.64. The Morgan fingerprint density at radius 2 is 2.44 bits per heavy atom. The zero-order valence-electron chi connectivity index (χ0n) is 5.26. The van der Waals surface area contributed by atoms with E-state index in [1.54, 1.807) is 7.11 Å². The molecule has 1 saturated carbocycles. The van der Waals surface area contributed by atoms with E-state index in [0.29, 0.717) is 6.42 Å². The van der Waals surface area contributed by atoms with E-state index in [1.165, 1.54) is 0 Å². The third-order valence-electron chi connectivity index (χ3n) is 1.58. The fourth-order valence-corrected chi connectivity index (χ4v) is 1.58. The molecule has 0 amide bonds. The van der Waals surface area contributed by atoms with Crippen LogP contribution >= 0.6 is 15.9 Å². The van der Waals surface area contributed by atoms with Crippen LogP contribution in [0.4, 0.5) is 0 Å². The van der Waals surface area contributed by atoms with E-state index in [0.717, 1.165) is 6.42 Å². The van der Waals surface area contributed by atoms with Crippen molar-refractivity contribution in [2.75, 3.05) is 7.11 Å². The first-order valence-electron chi connectivity index (χ1n) is 2.93. The second-order valence-corrected chi connectivity index (χ2v) is 3.34. The molecule has 0 N–H and O–H groups in total. The summed E-state index contributed by atoms with van der Waals surface area (Å²) in [4.78, 5) is 10.9. The van der Waals surface area contributed by atoms with E-state index in [-0.39, 0.29) is 16.7 Å². The Labute approximate surface area is 62.7 Å². The quantitative estimate of drug-likeness (QED) is 0.583. The van der Waals surface area contributed by atoms with E-state index < -0.39 is 0 Å². The highest BCUT2D eigenvalue weighted by atomic mass is 79.9. The Morgan fingerprint density at radius 1 is 1.78 bits per heavy atom. The zero-order chi connectivity index (χ0) is 6.85. The van der Waals surface area contributed by atoms with Crippen LogP contribution in [-0.4, -0.2) is 23.8 Å². The largest absolute Gasteiger partial charge is 0.381 e. The monoisotopic (exact) mass is 192 g/mol. The molecule has 52 valence electrons. The van der Waals surface area contributed by atoms with Crippen LogP contribution in [0, 0.1) is 0 Å². The van der Waals surface area contributed by atoms with Gasteiger partial charge in [-0.05, 0) is 6.42 Å². The van der Waals surface area contributed by atoms with Crippen molar-refractivity contribution in [2.24, 2.45) is 0 Å². The van der Waals surface area contributed by atoms with Gasteiger partial charge in [-0.15, -0.1) is 0 Å². The number of ketones is 1. The molecule has 9 heavy (non-hydrogen) atoms. The van der Waals surface area contributed by atoms with Crippen LogP contribution in [-0.2, 0) is 9.53 Å². The number of methoxy groups -OCH3 is 1. The minimum Gasteiger partial charge on any atom is -0.381 e. The molecular formula is C6H9BrO2. The number of halogens is 1. The molecule has 1 rings (SSSR count). The van der Waals surface area contributed by atoms with Crippen LogP contribution in [0.25, 0.3) is 0 Å². The van der Waals surface area contributed by atoms with Crippen LogP contribution in [0.15, 0.2) is 0 Å². The highest BCUT2D eigenvalue weighted by Gasteiger charge is 2.29. The van der Waals surface area contributed by atoms with E-state index >= 15 is 0 Å². The lowest BCUT2D eigenvalue weighted by Gasteiger charge is -2.02. The van der Waals surface area contributed by atoms with Gasteiger partial charge in [0.2, 0.25) is 0 Å². The molecule has 0 aromatic rings. The number of hydrogen-bond donors (Lipinski definition) is 0. The third-order valence-corrected chi connectivity index (χ3v) is 2.47. The molecule has 0 spiro atoms. The zero-order valence-corrected chi connectivity index (χ0v) is 6.85. The van der Waals surface area contributed by atoms with E-state index in [2.05, 4.69) is 15.9 Å². The average Bonchev–Trinajstić information content (AvgIpc) is 2.13. The Balaban J connectivity index is 2.44. The van der Waals surface area contributed by atoms with E-state index in [1.807, 2.05) is 0 Å². The molecular weight excluding hydrogens is 184 g/mol. The Bertz CT molecular complexity index is 124. The molecule has 0 heterocycles. The summed E-state index contributed by atoms with van der Waals surface area (Å²) in [5.41, 5.74) is 0. The molecule has 1 aliphatic rings. The number of Topliss-reactive ketones (excluding diaryl/α,β-unsaturated/α-hetero) is 1. The number of rotatable bonds is 1. The molecule has 2 atom stereocenters. The fraction of sp³-hybridized carbons (Fsp3) is 0.833. The first kappa shape index (κ1) is 7.22. The van der Waals surface area contributed by atoms with Crippen LogP contribution in [0.5, 0.6) is 0 Å². The van der Waals surface area contributed by atoms with Gasteiger partial charge in [0.15, 0.2) is 0 Å². The summed E-state index contributed by atoms with van der Waals surface area (Å²) < 4.78 is 5.00. The summed E-state index contributed by atoms with van der Waals surface area (Å²) in [6.45, 7) is 0. The molecule has 1 aliphatic carbocycles. The first-order valence-corrected chi connectivity index (χ1v) is 3.85. The van der Waals surface area contributed by atoms with Crippen molar-refractivity contribution >= 4 is 21.7 Å². The molecule has 2 unspecified atom stereocenters. The van der Waals surface area contributed by atoms with Gasteiger partial charge in [-0.2, -0.15) is 0 Å². The van der Waals surface area contributed by atoms with Gasteiger partial charge >= 0.3 is 0 Å². The van der Waals surface area contributed by atoms with Crippen molar-refractivity contribution in [3.05, 3.63) is 0 Å². The number of ether oxygens (including phenoxy) is 1. The second-order valence-electron chi connectivity index (χ2n) is 2.23. The number of hydrogen-bond acceptors (Lipinski definition) is 2. The first-order chi connectivity index (χ1) is 4.24. The maximum Gasteiger partial charge on any atom is 0.149 e. The van der Waals surface area contributed by atoms with Crippen molar-refractivity contribution in [3.8, 4) is 0 Å². The third kappa shape index (κ3) is 1.52. The molecule has 0 aromatic carbocycles. The van der Waals surface area contributed by atoms with Gasteiger partial charge in [-0.1, -0.05) is 15.9 Å². The van der Waals surface area contributed by atoms with Crippen molar-refractivity contribution in [2.45, 2.75) is 23.8 Å². The van der Waals surface area contributed by atoms with Crippen molar-refractivity contribution in [1.82, 2.24) is 0 Å². The fourth-order valence-electron chi connectivity index (χ4n) is 0.977. The number of alkyl halides is 1. The smallest absolute Gasteiger partial charge is 0.149 e.